The Morgan fingerprint density at radius 1 is 0.977 bits per heavy atom. The molecule has 6 rings (SSSR count). The third-order valence-electron chi connectivity index (χ3n) is 7.77. The van der Waals surface area contributed by atoms with Crippen molar-refractivity contribution in [1.82, 2.24) is 20.0 Å². The first-order valence-corrected chi connectivity index (χ1v) is 15.5. The minimum atomic E-state index is -4.47. The van der Waals surface area contributed by atoms with Crippen molar-refractivity contribution in [3.8, 4) is 11.1 Å². The number of sulfonamides is 1. The summed E-state index contributed by atoms with van der Waals surface area (Å²) in [4.78, 5) is 22.3. The zero-order chi connectivity index (χ0) is 31.0. The molecule has 228 valence electrons. The van der Waals surface area contributed by atoms with E-state index in [4.69, 9.17) is 0 Å². The molecule has 0 radical (unpaired) electrons. The average Bonchev–Trinajstić information content (AvgIpc) is 3.82. The average molecular weight is 623 g/mol. The van der Waals surface area contributed by atoms with Crippen molar-refractivity contribution < 1.29 is 26.4 Å². The summed E-state index contributed by atoms with van der Waals surface area (Å²) < 4.78 is 67.5. The summed E-state index contributed by atoms with van der Waals surface area (Å²) in [6.45, 7) is 0.927. The van der Waals surface area contributed by atoms with Crippen molar-refractivity contribution >= 4 is 33.4 Å². The van der Waals surface area contributed by atoms with Crippen LogP contribution in [0.25, 0.3) is 11.1 Å². The second kappa shape index (κ2) is 11.5. The smallest absolute Gasteiger partial charge is 0.369 e. The predicted octanol–water partition coefficient (Wildman–Crippen LogP) is 5.35. The molecule has 13 heteroatoms. The van der Waals surface area contributed by atoms with Gasteiger partial charge in [-0.1, -0.05) is 48.5 Å². The Morgan fingerprint density at radius 3 is 2.50 bits per heavy atom. The van der Waals surface area contributed by atoms with Crippen LogP contribution in [0.5, 0.6) is 0 Å². The Hall–Kier alpha value is -4.49. The summed E-state index contributed by atoms with van der Waals surface area (Å²) in [6.07, 6.45) is -1.28. The molecule has 0 saturated heterocycles. The van der Waals surface area contributed by atoms with Gasteiger partial charge >= 0.3 is 6.18 Å². The van der Waals surface area contributed by atoms with Crippen LogP contribution in [0, 0.1) is 0 Å². The lowest BCUT2D eigenvalue weighted by Gasteiger charge is -2.18. The molecule has 1 aliphatic heterocycles. The van der Waals surface area contributed by atoms with Gasteiger partial charge < -0.3 is 16.0 Å². The summed E-state index contributed by atoms with van der Waals surface area (Å²) in [5, 5.41) is 9.24. The van der Waals surface area contributed by atoms with Gasteiger partial charge in [-0.2, -0.15) is 18.2 Å². The summed E-state index contributed by atoms with van der Waals surface area (Å²) in [6, 6.07) is 18.9. The molecule has 1 saturated carbocycles. The van der Waals surface area contributed by atoms with Crippen LogP contribution in [-0.4, -0.2) is 37.4 Å². The SMILES string of the molecule is O=C(NCc1ccc(-c2cnc3nc2NCCCNS(=O)(=O)c2cccc(c2)N3)cc1)C1(c2cccc(C(F)(F)F)c2)CC1. The van der Waals surface area contributed by atoms with Crippen LogP contribution in [0.4, 0.5) is 30.6 Å². The number of carbonyl (C=O) groups is 1. The number of alkyl halides is 3. The van der Waals surface area contributed by atoms with E-state index in [1.54, 1.807) is 24.4 Å². The van der Waals surface area contributed by atoms with E-state index in [0.717, 1.165) is 28.8 Å². The maximum Gasteiger partial charge on any atom is 0.416 e. The van der Waals surface area contributed by atoms with E-state index in [0.29, 0.717) is 48.8 Å². The van der Waals surface area contributed by atoms with Crippen molar-refractivity contribution in [2.45, 2.75) is 42.3 Å². The molecule has 0 unspecified atom stereocenters. The van der Waals surface area contributed by atoms with Gasteiger partial charge in [-0.25, -0.2) is 18.1 Å². The number of hydrogen-bond acceptors (Lipinski definition) is 7. The lowest BCUT2D eigenvalue weighted by Crippen LogP contribution is -2.34. The largest absolute Gasteiger partial charge is 0.416 e. The molecular weight excluding hydrogens is 593 g/mol. The van der Waals surface area contributed by atoms with E-state index in [9.17, 15) is 26.4 Å². The molecule has 9 nitrogen and oxygen atoms in total. The molecule has 4 aromatic rings. The molecule has 2 heterocycles. The van der Waals surface area contributed by atoms with Crippen LogP contribution in [0.2, 0.25) is 0 Å². The molecule has 4 bridgehead atoms. The molecule has 4 N–H and O–H groups in total. The molecule has 0 atom stereocenters. The van der Waals surface area contributed by atoms with Crippen LogP contribution >= 0.6 is 0 Å². The molecule has 1 fully saturated rings. The molecule has 2 aliphatic rings. The minimum absolute atomic E-state index is 0.144. The molecule has 1 amide bonds. The Bertz CT molecular complexity index is 1810. The maximum absolute atomic E-state index is 13.2. The number of hydrogen-bond donors (Lipinski definition) is 4. The quantitative estimate of drug-likeness (QED) is 0.237. The Kier molecular flexibility index (Phi) is 7.76. The topological polar surface area (TPSA) is 125 Å². The van der Waals surface area contributed by atoms with E-state index in [1.165, 1.54) is 18.2 Å². The zero-order valence-electron chi connectivity index (χ0n) is 23.4. The highest BCUT2D eigenvalue weighted by Crippen LogP contribution is 2.49. The number of aromatic nitrogens is 2. The summed E-state index contributed by atoms with van der Waals surface area (Å²) >= 11 is 0. The van der Waals surface area contributed by atoms with E-state index in [2.05, 4.69) is 30.6 Å². The molecule has 1 aromatic heterocycles. The van der Waals surface area contributed by atoms with Crippen LogP contribution in [0.3, 0.4) is 0 Å². The monoisotopic (exact) mass is 622 g/mol. The fourth-order valence-electron chi connectivity index (χ4n) is 5.16. The predicted molar refractivity (Wildman–Crippen MR) is 160 cm³/mol. The second-order valence-electron chi connectivity index (χ2n) is 10.8. The third kappa shape index (κ3) is 6.24. The van der Waals surface area contributed by atoms with E-state index in [-0.39, 0.29) is 23.9 Å². The Labute approximate surface area is 252 Å². The third-order valence-corrected chi connectivity index (χ3v) is 9.23. The highest BCUT2D eigenvalue weighted by Gasteiger charge is 2.51. The summed E-state index contributed by atoms with van der Waals surface area (Å²) in [5.74, 6) is 0.575. The number of rotatable bonds is 5. The van der Waals surface area contributed by atoms with Gasteiger partial charge in [-0.3, -0.25) is 4.79 Å². The summed E-state index contributed by atoms with van der Waals surface area (Å²) in [5.41, 5.74) is 1.59. The zero-order valence-corrected chi connectivity index (χ0v) is 24.2. The van der Waals surface area contributed by atoms with Gasteiger partial charge in [0.05, 0.1) is 15.9 Å². The molecule has 1 aliphatic carbocycles. The first-order chi connectivity index (χ1) is 21.0. The fraction of sp³-hybridized carbons (Fsp3) is 0.258. The minimum Gasteiger partial charge on any atom is -0.369 e. The number of carbonyl (C=O) groups excluding carboxylic acids is 1. The Balaban J connectivity index is 1.16. The highest BCUT2D eigenvalue weighted by atomic mass is 32.2. The number of halogens is 3. The van der Waals surface area contributed by atoms with Crippen molar-refractivity contribution in [1.29, 1.82) is 0 Å². The van der Waals surface area contributed by atoms with Gasteiger partial charge in [0, 0.05) is 37.1 Å². The lowest BCUT2D eigenvalue weighted by atomic mass is 9.93. The second-order valence-corrected chi connectivity index (χ2v) is 12.6. The van der Waals surface area contributed by atoms with Gasteiger partial charge in [0.15, 0.2) is 0 Å². The number of nitrogens with zero attached hydrogens (tertiary/aromatic N) is 2. The van der Waals surface area contributed by atoms with Gasteiger partial charge in [0.25, 0.3) is 0 Å². The molecular formula is C31H29F3N6O3S. The van der Waals surface area contributed by atoms with Gasteiger partial charge in [0.1, 0.15) is 5.82 Å². The van der Waals surface area contributed by atoms with E-state index < -0.39 is 27.2 Å². The van der Waals surface area contributed by atoms with Crippen LogP contribution in [0.15, 0.2) is 83.9 Å². The lowest BCUT2D eigenvalue weighted by molar-refractivity contribution is -0.137. The normalized spacial score (nSPS) is 17.1. The first-order valence-electron chi connectivity index (χ1n) is 14.1. The van der Waals surface area contributed by atoms with Crippen molar-refractivity contribution in [2.24, 2.45) is 0 Å². The van der Waals surface area contributed by atoms with Gasteiger partial charge in [-0.05, 0) is 60.2 Å². The van der Waals surface area contributed by atoms with Crippen LogP contribution < -0.4 is 20.7 Å². The van der Waals surface area contributed by atoms with Crippen molar-refractivity contribution in [3.05, 3.63) is 95.7 Å². The van der Waals surface area contributed by atoms with Crippen LogP contribution in [0.1, 0.15) is 36.0 Å². The van der Waals surface area contributed by atoms with Crippen molar-refractivity contribution in [3.63, 3.8) is 0 Å². The molecule has 44 heavy (non-hydrogen) atoms. The number of anilines is 3. The maximum atomic E-state index is 13.2. The fourth-order valence-corrected chi connectivity index (χ4v) is 6.28. The molecule has 3 aromatic carbocycles. The number of amides is 1. The highest BCUT2D eigenvalue weighted by molar-refractivity contribution is 7.89. The van der Waals surface area contributed by atoms with Crippen molar-refractivity contribution in [2.75, 3.05) is 23.7 Å². The number of nitrogens with one attached hydrogen (secondary N) is 4. The van der Waals surface area contributed by atoms with Gasteiger partial charge in [0.2, 0.25) is 21.9 Å². The van der Waals surface area contributed by atoms with E-state index in [1.807, 2.05) is 24.3 Å². The van der Waals surface area contributed by atoms with Gasteiger partial charge in [-0.15, -0.1) is 0 Å². The Morgan fingerprint density at radius 2 is 1.75 bits per heavy atom. The molecule has 0 spiro atoms. The summed E-state index contributed by atoms with van der Waals surface area (Å²) in [7, 11) is -3.65. The first kappa shape index (κ1) is 29.6. The van der Waals surface area contributed by atoms with E-state index >= 15 is 0 Å². The standard InChI is InChI=1S/C31H29F3N6O3S/c32-31(33,34)23-5-1-4-22(16-23)30(12-13-30)28(41)36-18-20-8-10-21(11-9-20)26-19-37-29-39-24-6-2-7-25(17-24)44(42,43)38-15-3-14-35-27(26)40-29/h1-2,4-11,16-17,19,38H,3,12-15,18H2,(H,36,41)(H2,35,37,39,40). The number of fused-ring (bicyclic) bond motifs is 4. The number of benzene rings is 3. The van der Waals surface area contributed by atoms with Crippen LogP contribution in [-0.2, 0) is 33.0 Å².